The Morgan fingerprint density at radius 1 is 0.931 bits per heavy atom. The zero-order chi connectivity index (χ0) is 20.9. The molecule has 2 aromatic carbocycles. The Hall–Kier alpha value is -2.72. The van der Waals surface area contributed by atoms with Crippen LogP contribution in [-0.4, -0.2) is 46.6 Å². The summed E-state index contributed by atoms with van der Waals surface area (Å²) in [7, 11) is 6.30. The Kier molecular flexibility index (Phi) is 4.70. The van der Waals surface area contributed by atoms with E-state index in [9.17, 15) is 4.39 Å². The van der Waals surface area contributed by atoms with E-state index in [0.717, 1.165) is 5.57 Å². The smallest absolute Gasteiger partial charge is 0.199 e. The number of hydrogen-bond donors (Lipinski definition) is 0. The van der Waals surface area contributed by atoms with Gasteiger partial charge in [-0.25, -0.2) is 8.97 Å². The zero-order valence-corrected chi connectivity index (χ0v) is 19.0. The van der Waals surface area contributed by atoms with E-state index in [1.807, 2.05) is 12.1 Å². The van der Waals surface area contributed by atoms with Gasteiger partial charge in [0.2, 0.25) is 0 Å². The molecule has 2 nitrogen and oxygen atoms in total. The molecule has 0 unspecified atom stereocenters. The summed E-state index contributed by atoms with van der Waals surface area (Å²) >= 11 is 0. The van der Waals surface area contributed by atoms with Crippen LogP contribution >= 0.6 is 0 Å². The van der Waals surface area contributed by atoms with Crippen LogP contribution < -0.4 is 10.1 Å². The molecule has 4 rings (SSSR count). The van der Waals surface area contributed by atoms with Gasteiger partial charge < -0.3 is 4.90 Å². The highest BCUT2D eigenvalue weighted by atomic mass is 28.3. The summed E-state index contributed by atoms with van der Waals surface area (Å²) in [5, 5.41) is 2.73. The maximum Gasteiger partial charge on any atom is 0.199 e. The first-order chi connectivity index (χ1) is 13.7. The molecule has 0 N–H and O–H groups in total. The van der Waals surface area contributed by atoms with Crippen molar-refractivity contribution in [2.45, 2.75) is 13.1 Å². The minimum Gasteiger partial charge on any atom is -0.378 e. The van der Waals surface area contributed by atoms with Crippen molar-refractivity contribution in [1.29, 1.82) is 0 Å². The molecule has 0 bridgehead atoms. The van der Waals surface area contributed by atoms with Crippen LogP contribution in [0.2, 0.25) is 13.1 Å². The molecule has 0 atom stereocenters. The predicted molar refractivity (Wildman–Crippen MR) is 125 cm³/mol. The van der Waals surface area contributed by atoms with E-state index in [1.165, 1.54) is 32.9 Å². The van der Waals surface area contributed by atoms with Gasteiger partial charge in [-0.1, -0.05) is 37.4 Å². The highest BCUT2D eigenvalue weighted by Crippen LogP contribution is 2.42. The second-order valence-electron chi connectivity index (χ2n) is 8.73. The molecular formula is C25H28FN2Si+. The molecule has 4 heteroatoms. The van der Waals surface area contributed by atoms with E-state index in [4.69, 9.17) is 0 Å². The number of nitrogens with zero attached hydrogens (tertiary/aromatic N) is 2. The number of rotatable bonds is 2. The monoisotopic (exact) mass is 403 g/mol. The molecule has 2 aromatic rings. The number of halogens is 1. The van der Waals surface area contributed by atoms with Crippen molar-refractivity contribution >= 4 is 30.2 Å². The van der Waals surface area contributed by atoms with Gasteiger partial charge in [0.25, 0.3) is 0 Å². The van der Waals surface area contributed by atoms with Gasteiger partial charge in [0.1, 0.15) is 28.0 Å². The summed E-state index contributed by atoms with van der Waals surface area (Å²) in [4.78, 5) is 2.14. The Morgan fingerprint density at radius 2 is 1.66 bits per heavy atom. The van der Waals surface area contributed by atoms with E-state index in [2.05, 4.69) is 87.2 Å². The summed E-state index contributed by atoms with van der Waals surface area (Å²) in [5.41, 5.74) is 6.39. The number of hydrogen-bond acceptors (Lipinski definition) is 1. The lowest BCUT2D eigenvalue weighted by Crippen LogP contribution is -2.49. The van der Waals surface area contributed by atoms with Crippen LogP contribution in [0.25, 0.3) is 5.57 Å². The number of benzene rings is 2. The first-order valence-electron chi connectivity index (χ1n) is 9.98. The number of fused-ring (bicyclic) bond motifs is 2. The second-order valence-corrected chi connectivity index (χ2v) is 13.1. The van der Waals surface area contributed by atoms with Crippen molar-refractivity contribution in [3.8, 4) is 0 Å². The fourth-order valence-electron chi connectivity index (χ4n) is 4.34. The van der Waals surface area contributed by atoms with E-state index in [1.54, 1.807) is 12.1 Å². The van der Waals surface area contributed by atoms with E-state index in [-0.39, 0.29) is 5.82 Å². The molecule has 0 aromatic heterocycles. The van der Waals surface area contributed by atoms with Crippen LogP contribution in [-0.2, 0) is 0 Å². The van der Waals surface area contributed by atoms with E-state index >= 15 is 0 Å². The van der Waals surface area contributed by atoms with Crippen molar-refractivity contribution in [2.75, 3.05) is 33.1 Å². The molecule has 29 heavy (non-hydrogen) atoms. The third-order valence-electron chi connectivity index (χ3n) is 6.07. The molecule has 0 saturated heterocycles. The molecule has 0 amide bonds. The van der Waals surface area contributed by atoms with Gasteiger partial charge in [-0.2, -0.15) is 0 Å². The third kappa shape index (κ3) is 3.12. The molecule has 0 fully saturated rings. The second kappa shape index (κ2) is 6.96. The lowest BCUT2D eigenvalue weighted by atomic mass is 9.89. The summed E-state index contributed by atoms with van der Waals surface area (Å²) in [6.07, 6.45) is 6.64. The van der Waals surface area contributed by atoms with Gasteiger partial charge in [0.15, 0.2) is 5.71 Å². The summed E-state index contributed by atoms with van der Waals surface area (Å²) < 4.78 is 17.1. The van der Waals surface area contributed by atoms with E-state index < -0.39 is 8.07 Å². The maximum absolute atomic E-state index is 14.9. The van der Waals surface area contributed by atoms with Crippen LogP contribution in [0.5, 0.6) is 0 Å². The molecule has 1 aliphatic carbocycles. The van der Waals surface area contributed by atoms with Gasteiger partial charge in [-0.15, -0.1) is 0 Å². The van der Waals surface area contributed by atoms with Crippen LogP contribution in [0.3, 0.4) is 0 Å². The molecule has 1 heterocycles. The summed E-state index contributed by atoms with van der Waals surface area (Å²) in [6.45, 7) is 4.81. The van der Waals surface area contributed by atoms with Gasteiger partial charge in [0, 0.05) is 37.5 Å². The SMILES string of the molecule is CN(C)c1ccc2c(c1)[Si](C)(C)C1=CC(=[N+](C)C)C=CC1=C2c1ccccc1F. The lowest BCUT2D eigenvalue weighted by Gasteiger charge is -2.38. The highest BCUT2D eigenvalue weighted by Gasteiger charge is 2.40. The standard InChI is InChI=1S/C25H28FN2Si/c1-27(2)17-11-13-20-23(15-17)29(5,6)24-16-18(28(3)4)12-14-21(24)25(20)19-9-7-8-10-22(19)26/h7-16H,1-6H3/q+1. The molecular weight excluding hydrogens is 375 g/mol. The normalized spacial score (nSPS) is 16.9. The highest BCUT2D eigenvalue weighted by molar-refractivity contribution is 6.98. The van der Waals surface area contributed by atoms with E-state index in [0.29, 0.717) is 5.56 Å². The third-order valence-corrected chi connectivity index (χ3v) is 9.59. The van der Waals surface area contributed by atoms with Crippen LogP contribution in [0, 0.1) is 5.82 Å². The summed E-state index contributed by atoms with van der Waals surface area (Å²) in [6, 6.07) is 13.8. The fraction of sp³-hybridized carbons (Fsp3) is 0.240. The van der Waals surface area contributed by atoms with Crippen molar-refractivity contribution < 1.29 is 8.97 Å². The van der Waals surface area contributed by atoms with Crippen LogP contribution in [0.15, 0.2) is 71.5 Å². The number of anilines is 1. The topological polar surface area (TPSA) is 6.25 Å². The Bertz CT molecular complexity index is 1130. The van der Waals surface area contributed by atoms with Gasteiger partial charge >= 0.3 is 0 Å². The molecule has 0 radical (unpaired) electrons. The first kappa shape index (κ1) is 19.6. The van der Waals surface area contributed by atoms with Crippen LogP contribution in [0.4, 0.5) is 10.1 Å². The van der Waals surface area contributed by atoms with Gasteiger partial charge in [0.05, 0.1) is 0 Å². The minimum atomic E-state index is -1.97. The molecule has 1 aliphatic heterocycles. The summed E-state index contributed by atoms with van der Waals surface area (Å²) in [5.74, 6) is -0.172. The zero-order valence-electron chi connectivity index (χ0n) is 18.0. The molecule has 148 valence electrons. The minimum absolute atomic E-state index is 0.172. The van der Waals surface area contributed by atoms with Crippen molar-refractivity contribution in [3.05, 3.63) is 88.4 Å². The molecule has 2 aliphatic rings. The Balaban J connectivity index is 2.11. The quantitative estimate of drug-likeness (QED) is 0.533. The van der Waals surface area contributed by atoms with Gasteiger partial charge in [-0.3, -0.25) is 0 Å². The lowest BCUT2D eigenvalue weighted by molar-refractivity contribution is -0.462. The van der Waals surface area contributed by atoms with Gasteiger partial charge in [-0.05, 0) is 51.4 Å². The first-order valence-corrected chi connectivity index (χ1v) is 13.0. The van der Waals surface area contributed by atoms with Crippen molar-refractivity contribution in [1.82, 2.24) is 0 Å². The Morgan fingerprint density at radius 3 is 2.31 bits per heavy atom. The number of allylic oxidation sites excluding steroid dienone is 5. The van der Waals surface area contributed by atoms with Crippen molar-refractivity contribution in [3.63, 3.8) is 0 Å². The molecule has 0 spiro atoms. The maximum atomic E-state index is 14.9. The average molecular weight is 404 g/mol. The van der Waals surface area contributed by atoms with Crippen LogP contribution in [0.1, 0.15) is 11.1 Å². The predicted octanol–water partition coefficient (Wildman–Crippen LogP) is 4.37. The van der Waals surface area contributed by atoms with Crippen molar-refractivity contribution in [2.24, 2.45) is 0 Å². The average Bonchev–Trinajstić information content (AvgIpc) is 2.69. The fourth-order valence-corrected chi connectivity index (χ4v) is 7.41. The Labute approximate surface area is 174 Å². The largest absolute Gasteiger partial charge is 0.378 e. The molecule has 0 saturated carbocycles.